The Kier molecular flexibility index (Phi) is 4.51. The molecule has 0 radical (unpaired) electrons. The maximum Gasteiger partial charge on any atom is 0.122 e. The molecule has 94 valence electrons. The first-order valence-electron chi connectivity index (χ1n) is 5.73. The lowest BCUT2D eigenvalue weighted by atomic mass is 10.1. The Morgan fingerprint density at radius 3 is 2.53 bits per heavy atom. The minimum Gasteiger partial charge on any atom is -0.493 e. The molecule has 0 aromatic heterocycles. The van der Waals surface area contributed by atoms with Crippen LogP contribution in [0, 0.1) is 0 Å². The molecular weight excluding hydrogens is 259 g/mol. The number of nitrogens with one attached hydrogen (secondary N) is 2. The van der Waals surface area contributed by atoms with Crippen LogP contribution in [0.15, 0.2) is 18.2 Å². The molecule has 0 saturated carbocycles. The average molecular weight is 275 g/mol. The van der Waals surface area contributed by atoms with Crippen LogP contribution >= 0.6 is 23.2 Å². The minimum atomic E-state index is 0.472. The van der Waals surface area contributed by atoms with Crippen molar-refractivity contribution in [2.75, 3.05) is 6.61 Å². The van der Waals surface area contributed by atoms with Crippen LogP contribution in [-0.4, -0.2) is 18.7 Å². The van der Waals surface area contributed by atoms with E-state index in [-0.39, 0.29) is 0 Å². The molecule has 2 atom stereocenters. The summed E-state index contributed by atoms with van der Waals surface area (Å²) in [5.41, 5.74) is 6.42. The van der Waals surface area contributed by atoms with Crippen LogP contribution in [0.1, 0.15) is 19.8 Å². The number of benzene rings is 1. The van der Waals surface area contributed by atoms with Gasteiger partial charge in [-0.1, -0.05) is 23.2 Å². The average Bonchev–Trinajstić information content (AvgIpc) is 2.63. The molecule has 1 saturated heterocycles. The maximum absolute atomic E-state index is 5.89. The molecule has 2 N–H and O–H groups in total. The summed E-state index contributed by atoms with van der Waals surface area (Å²) in [6, 6.07) is 6.24. The molecule has 17 heavy (non-hydrogen) atoms. The van der Waals surface area contributed by atoms with Gasteiger partial charge in [-0.2, -0.15) is 0 Å². The zero-order valence-electron chi connectivity index (χ0n) is 9.67. The molecule has 2 rings (SSSR count). The molecule has 0 aliphatic carbocycles. The standard InChI is InChI=1S/C12H16Cl2N2O/c1-8-4-11(16-15-8)2-3-17-12-6-9(13)5-10(14)7-12/h5-8,11,15-16H,2-4H2,1H3. The summed E-state index contributed by atoms with van der Waals surface area (Å²) >= 11 is 11.8. The van der Waals surface area contributed by atoms with E-state index in [9.17, 15) is 0 Å². The second-order valence-electron chi connectivity index (χ2n) is 4.36. The first-order valence-corrected chi connectivity index (χ1v) is 6.49. The lowest BCUT2D eigenvalue weighted by Gasteiger charge is -2.11. The second kappa shape index (κ2) is 5.91. The predicted octanol–water partition coefficient (Wildman–Crippen LogP) is 3.02. The van der Waals surface area contributed by atoms with Crippen molar-refractivity contribution in [3.63, 3.8) is 0 Å². The van der Waals surface area contributed by atoms with Gasteiger partial charge < -0.3 is 4.74 Å². The molecule has 0 bridgehead atoms. The van der Waals surface area contributed by atoms with Crippen LogP contribution in [-0.2, 0) is 0 Å². The zero-order valence-corrected chi connectivity index (χ0v) is 11.2. The van der Waals surface area contributed by atoms with E-state index < -0.39 is 0 Å². The smallest absolute Gasteiger partial charge is 0.122 e. The number of halogens is 2. The van der Waals surface area contributed by atoms with Gasteiger partial charge in [0.25, 0.3) is 0 Å². The largest absolute Gasteiger partial charge is 0.493 e. The zero-order chi connectivity index (χ0) is 12.3. The number of hydrogen-bond donors (Lipinski definition) is 2. The highest BCUT2D eigenvalue weighted by Crippen LogP contribution is 2.24. The van der Waals surface area contributed by atoms with Crippen LogP contribution in [0.4, 0.5) is 0 Å². The van der Waals surface area contributed by atoms with Gasteiger partial charge in [0.05, 0.1) is 6.61 Å². The van der Waals surface area contributed by atoms with Gasteiger partial charge in [0.1, 0.15) is 5.75 Å². The third-order valence-corrected chi connectivity index (χ3v) is 3.18. The van der Waals surface area contributed by atoms with E-state index in [4.69, 9.17) is 27.9 Å². The highest BCUT2D eigenvalue weighted by atomic mass is 35.5. The van der Waals surface area contributed by atoms with E-state index in [1.807, 2.05) is 0 Å². The van der Waals surface area contributed by atoms with Gasteiger partial charge in [-0.3, -0.25) is 10.9 Å². The Morgan fingerprint density at radius 1 is 1.24 bits per heavy atom. The lowest BCUT2D eigenvalue weighted by Crippen LogP contribution is -2.33. The summed E-state index contributed by atoms with van der Waals surface area (Å²) in [5, 5.41) is 1.20. The molecule has 1 heterocycles. The Hall–Kier alpha value is -0.480. The van der Waals surface area contributed by atoms with Crippen molar-refractivity contribution in [1.82, 2.24) is 10.9 Å². The fourth-order valence-corrected chi connectivity index (χ4v) is 2.43. The summed E-state index contributed by atoms with van der Waals surface area (Å²) in [6.07, 6.45) is 2.08. The van der Waals surface area contributed by atoms with Gasteiger partial charge in [-0.25, -0.2) is 0 Å². The molecule has 5 heteroatoms. The van der Waals surface area contributed by atoms with E-state index in [1.54, 1.807) is 18.2 Å². The monoisotopic (exact) mass is 274 g/mol. The summed E-state index contributed by atoms with van der Waals surface area (Å²) < 4.78 is 5.63. The molecule has 0 spiro atoms. The Morgan fingerprint density at radius 2 is 1.94 bits per heavy atom. The molecule has 1 fully saturated rings. The van der Waals surface area contributed by atoms with Crippen molar-refractivity contribution in [3.05, 3.63) is 28.2 Å². The summed E-state index contributed by atoms with van der Waals surface area (Å²) in [5.74, 6) is 0.724. The van der Waals surface area contributed by atoms with Gasteiger partial charge in [0.2, 0.25) is 0 Å². The number of ether oxygens (including phenoxy) is 1. The SMILES string of the molecule is CC1CC(CCOc2cc(Cl)cc(Cl)c2)NN1. The summed E-state index contributed by atoms with van der Waals surface area (Å²) in [6.45, 7) is 2.81. The van der Waals surface area contributed by atoms with Crippen LogP contribution in [0.5, 0.6) is 5.75 Å². The quantitative estimate of drug-likeness (QED) is 0.886. The van der Waals surface area contributed by atoms with Gasteiger partial charge in [0.15, 0.2) is 0 Å². The Balaban J connectivity index is 1.78. The van der Waals surface area contributed by atoms with Crippen LogP contribution in [0.2, 0.25) is 10.0 Å². The van der Waals surface area contributed by atoms with Crippen molar-refractivity contribution in [1.29, 1.82) is 0 Å². The lowest BCUT2D eigenvalue weighted by molar-refractivity contribution is 0.290. The van der Waals surface area contributed by atoms with E-state index in [1.165, 1.54) is 0 Å². The molecule has 1 aromatic carbocycles. The van der Waals surface area contributed by atoms with Crippen molar-refractivity contribution < 1.29 is 4.74 Å². The topological polar surface area (TPSA) is 33.3 Å². The van der Waals surface area contributed by atoms with E-state index in [0.717, 1.165) is 18.6 Å². The molecule has 2 unspecified atom stereocenters. The third-order valence-electron chi connectivity index (χ3n) is 2.74. The predicted molar refractivity (Wildman–Crippen MR) is 70.7 cm³/mol. The number of rotatable bonds is 4. The maximum atomic E-state index is 5.89. The molecule has 1 aliphatic heterocycles. The second-order valence-corrected chi connectivity index (χ2v) is 5.24. The highest BCUT2D eigenvalue weighted by molar-refractivity contribution is 6.34. The summed E-state index contributed by atoms with van der Waals surface area (Å²) in [4.78, 5) is 0. The molecule has 3 nitrogen and oxygen atoms in total. The van der Waals surface area contributed by atoms with E-state index in [0.29, 0.717) is 28.7 Å². The van der Waals surface area contributed by atoms with Crippen LogP contribution < -0.4 is 15.6 Å². The van der Waals surface area contributed by atoms with Gasteiger partial charge in [0, 0.05) is 22.1 Å². The van der Waals surface area contributed by atoms with E-state index >= 15 is 0 Å². The van der Waals surface area contributed by atoms with Crippen LogP contribution in [0.3, 0.4) is 0 Å². The fraction of sp³-hybridized carbons (Fsp3) is 0.500. The van der Waals surface area contributed by atoms with Crippen molar-refractivity contribution in [2.24, 2.45) is 0 Å². The molecule has 1 aromatic rings. The Labute approximate surface area is 111 Å². The van der Waals surface area contributed by atoms with Crippen molar-refractivity contribution >= 4 is 23.2 Å². The van der Waals surface area contributed by atoms with Gasteiger partial charge >= 0.3 is 0 Å². The number of hydrogen-bond acceptors (Lipinski definition) is 3. The highest BCUT2D eigenvalue weighted by Gasteiger charge is 2.19. The first-order chi connectivity index (χ1) is 8.13. The van der Waals surface area contributed by atoms with Crippen molar-refractivity contribution in [3.8, 4) is 5.75 Å². The minimum absolute atomic E-state index is 0.472. The number of hydrazine groups is 1. The van der Waals surface area contributed by atoms with Crippen molar-refractivity contribution in [2.45, 2.75) is 31.8 Å². The van der Waals surface area contributed by atoms with Gasteiger partial charge in [-0.05, 0) is 38.0 Å². The van der Waals surface area contributed by atoms with Gasteiger partial charge in [-0.15, -0.1) is 0 Å². The molecule has 0 amide bonds. The molecular formula is C12H16Cl2N2O. The normalized spacial score (nSPS) is 23.9. The Bertz CT molecular complexity index is 367. The third kappa shape index (κ3) is 4.03. The van der Waals surface area contributed by atoms with Crippen LogP contribution in [0.25, 0.3) is 0 Å². The summed E-state index contributed by atoms with van der Waals surface area (Å²) in [7, 11) is 0. The fourth-order valence-electron chi connectivity index (χ4n) is 1.93. The molecule has 1 aliphatic rings. The van der Waals surface area contributed by atoms with E-state index in [2.05, 4.69) is 17.8 Å². The first kappa shape index (κ1) is 13.0.